The number of nitrogens with one attached hydrogen (secondary N) is 2. The monoisotopic (exact) mass is 495 g/mol. The summed E-state index contributed by atoms with van der Waals surface area (Å²) >= 11 is 0. The van der Waals surface area contributed by atoms with Crippen molar-refractivity contribution in [3.8, 4) is 17.2 Å². The number of ether oxygens (including phenoxy) is 4. The number of hydrogen-bond donors (Lipinski definition) is 2. The van der Waals surface area contributed by atoms with Crippen LogP contribution in [0, 0.1) is 0 Å². The average Bonchev–Trinajstić information content (AvgIpc) is 3.35. The Labute approximate surface area is 208 Å². The molecule has 5 rings (SSSR count). The van der Waals surface area contributed by atoms with E-state index in [2.05, 4.69) is 10.6 Å². The fourth-order valence-corrected chi connectivity index (χ4v) is 4.82. The predicted octanol–water partition coefficient (Wildman–Crippen LogP) is 2.57. The molecular weight excluding hydrogens is 466 g/mol. The van der Waals surface area contributed by atoms with Crippen molar-refractivity contribution in [2.24, 2.45) is 0 Å². The van der Waals surface area contributed by atoms with Gasteiger partial charge in [0.25, 0.3) is 11.8 Å². The molecule has 0 saturated carbocycles. The van der Waals surface area contributed by atoms with E-state index in [1.54, 1.807) is 48.3 Å². The van der Waals surface area contributed by atoms with Crippen LogP contribution < -0.4 is 24.8 Å². The van der Waals surface area contributed by atoms with Crippen molar-refractivity contribution in [2.75, 3.05) is 32.3 Å². The molecule has 0 bridgehead atoms. The van der Waals surface area contributed by atoms with E-state index in [1.807, 2.05) is 6.92 Å². The van der Waals surface area contributed by atoms with Gasteiger partial charge in [0, 0.05) is 24.8 Å². The van der Waals surface area contributed by atoms with E-state index < -0.39 is 0 Å². The Morgan fingerprint density at radius 3 is 2.67 bits per heavy atom. The molecule has 2 aromatic carbocycles. The Morgan fingerprint density at radius 1 is 1.03 bits per heavy atom. The van der Waals surface area contributed by atoms with Crippen LogP contribution >= 0.6 is 0 Å². The van der Waals surface area contributed by atoms with E-state index in [-0.39, 0.29) is 55.8 Å². The molecular formula is C26H29N3O7. The zero-order valence-corrected chi connectivity index (χ0v) is 20.2. The first-order valence-corrected chi connectivity index (χ1v) is 12.1. The summed E-state index contributed by atoms with van der Waals surface area (Å²) in [6.45, 7) is 2.84. The lowest BCUT2D eigenvalue weighted by molar-refractivity contribution is -0.133. The van der Waals surface area contributed by atoms with Crippen LogP contribution in [0.4, 0.5) is 5.69 Å². The quantitative estimate of drug-likeness (QED) is 0.655. The van der Waals surface area contributed by atoms with Gasteiger partial charge in [0.1, 0.15) is 18.5 Å². The third kappa shape index (κ3) is 4.81. The minimum absolute atomic E-state index is 0.0437. The average molecular weight is 496 g/mol. The molecule has 0 spiro atoms. The first kappa shape index (κ1) is 23.9. The van der Waals surface area contributed by atoms with Crippen LogP contribution in [-0.2, 0) is 9.53 Å². The maximum absolute atomic E-state index is 13.4. The highest BCUT2D eigenvalue weighted by Crippen LogP contribution is 2.34. The van der Waals surface area contributed by atoms with E-state index >= 15 is 0 Å². The van der Waals surface area contributed by atoms with Crippen LogP contribution in [-0.4, -0.2) is 67.9 Å². The standard InChI is InChI=1S/C26H29N3O7/c1-3-27-24(30)12-17-6-7-19-23(36-17)13-33-20-9-5-16(11-18(20)26(32)29(19)2)28-25(31)15-4-8-21-22(10-15)35-14-34-21/h4-5,8-11,17,19,23H,3,6-7,12-14H2,1-2H3,(H,27,30)(H,28,31)/t17-,19-,23-/m0/s1. The van der Waals surface area contributed by atoms with Crippen LogP contribution in [0.3, 0.4) is 0 Å². The zero-order valence-electron chi connectivity index (χ0n) is 20.2. The first-order chi connectivity index (χ1) is 17.4. The molecule has 1 saturated heterocycles. The van der Waals surface area contributed by atoms with Gasteiger partial charge in [-0.2, -0.15) is 0 Å². The summed E-state index contributed by atoms with van der Waals surface area (Å²) in [5.74, 6) is 0.936. The molecule has 190 valence electrons. The maximum atomic E-state index is 13.4. The van der Waals surface area contributed by atoms with Crippen molar-refractivity contribution in [1.29, 1.82) is 0 Å². The van der Waals surface area contributed by atoms with Gasteiger partial charge in [0.15, 0.2) is 11.5 Å². The Bertz CT molecular complexity index is 1180. The number of fused-ring (bicyclic) bond motifs is 3. The Morgan fingerprint density at radius 2 is 1.83 bits per heavy atom. The third-order valence-electron chi connectivity index (χ3n) is 6.69. The highest BCUT2D eigenvalue weighted by Gasteiger charge is 2.39. The van der Waals surface area contributed by atoms with Crippen molar-refractivity contribution >= 4 is 23.4 Å². The topological polar surface area (TPSA) is 115 Å². The molecule has 2 aromatic rings. The van der Waals surface area contributed by atoms with Crippen molar-refractivity contribution in [2.45, 2.75) is 44.4 Å². The molecule has 0 aromatic heterocycles. The largest absolute Gasteiger partial charge is 0.490 e. The van der Waals surface area contributed by atoms with Gasteiger partial charge < -0.3 is 34.5 Å². The number of anilines is 1. The second-order valence-corrected chi connectivity index (χ2v) is 9.06. The molecule has 3 aliphatic heterocycles. The van der Waals surface area contributed by atoms with Gasteiger partial charge in [-0.15, -0.1) is 0 Å². The van der Waals surface area contributed by atoms with Gasteiger partial charge in [-0.3, -0.25) is 14.4 Å². The van der Waals surface area contributed by atoms with Gasteiger partial charge in [-0.25, -0.2) is 0 Å². The third-order valence-corrected chi connectivity index (χ3v) is 6.69. The summed E-state index contributed by atoms with van der Waals surface area (Å²) in [6.07, 6.45) is 1.12. The van der Waals surface area contributed by atoms with Crippen LogP contribution in [0.25, 0.3) is 0 Å². The lowest BCUT2D eigenvalue weighted by Gasteiger charge is -2.42. The molecule has 2 N–H and O–H groups in total. The van der Waals surface area contributed by atoms with E-state index in [4.69, 9.17) is 18.9 Å². The number of carbonyl (C=O) groups excluding carboxylic acids is 3. The smallest absolute Gasteiger partial charge is 0.257 e. The molecule has 1 fully saturated rings. The Balaban J connectivity index is 1.30. The van der Waals surface area contributed by atoms with E-state index in [0.717, 1.165) is 0 Å². The highest BCUT2D eigenvalue weighted by atomic mass is 16.7. The predicted molar refractivity (Wildman–Crippen MR) is 130 cm³/mol. The number of carbonyl (C=O) groups is 3. The maximum Gasteiger partial charge on any atom is 0.257 e. The second kappa shape index (κ2) is 10.1. The summed E-state index contributed by atoms with van der Waals surface area (Å²) in [5, 5.41) is 5.64. The van der Waals surface area contributed by atoms with Gasteiger partial charge in [0.2, 0.25) is 12.7 Å². The number of likely N-dealkylation sites (N-methyl/N-ethyl adjacent to an activating group) is 1. The van der Waals surface area contributed by atoms with Crippen molar-refractivity contribution in [1.82, 2.24) is 10.2 Å². The Kier molecular flexibility index (Phi) is 6.69. The summed E-state index contributed by atoms with van der Waals surface area (Å²) in [6, 6.07) is 9.77. The molecule has 3 amide bonds. The molecule has 3 atom stereocenters. The normalized spacial score (nSPS) is 22.4. The summed E-state index contributed by atoms with van der Waals surface area (Å²) in [5.41, 5.74) is 1.25. The fourth-order valence-electron chi connectivity index (χ4n) is 4.82. The number of nitrogens with zero attached hydrogens (tertiary/aromatic N) is 1. The fraction of sp³-hybridized carbons (Fsp3) is 0.423. The molecule has 3 heterocycles. The number of amides is 3. The SMILES string of the molecule is CCNC(=O)C[C@@H]1CC[C@H]2[C@H](COc3ccc(NC(=O)c4ccc5c(c4)OCO5)cc3C(=O)N2C)O1. The molecule has 36 heavy (non-hydrogen) atoms. The highest BCUT2D eigenvalue weighted by molar-refractivity contribution is 6.06. The van der Waals surface area contributed by atoms with Gasteiger partial charge in [0.05, 0.1) is 24.1 Å². The van der Waals surface area contributed by atoms with Crippen LogP contribution in [0.2, 0.25) is 0 Å². The van der Waals surface area contributed by atoms with E-state index in [9.17, 15) is 14.4 Å². The summed E-state index contributed by atoms with van der Waals surface area (Å²) < 4.78 is 22.8. The van der Waals surface area contributed by atoms with E-state index in [0.29, 0.717) is 53.4 Å². The molecule has 10 heteroatoms. The lowest BCUT2D eigenvalue weighted by Crippen LogP contribution is -2.54. The second-order valence-electron chi connectivity index (χ2n) is 9.06. The first-order valence-electron chi connectivity index (χ1n) is 12.1. The molecule has 0 unspecified atom stereocenters. The number of benzene rings is 2. The van der Waals surface area contributed by atoms with Crippen LogP contribution in [0.5, 0.6) is 17.2 Å². The zero-order chi connectivity index (χ0) is 25.2. The molecule has 0 radical (unpaired) electrons. The van der Waals surface area contributed by atoms with Crippen molar-refractivity contribution < 1.29 is 33.3 Å². The Hall–Kier alpha value is -3.79. The molecule has 0 aliphatic carbocycles. The molecule has 10 nitrogen and oxygen atoms in total. The van der Waals surface area contributed by atoms with Crippen LogP contribution in [0.15, 0.2) is 36.4 Å². The van der Waals surface area contributed by atoms with Gasteiger partial charge in [-0.1, -0.05) is 0 Å². The lowest BCUT2D eigenvalue weighted by atomic mass is 9.94. The summed E-state index contributed by atoms with van der Waals surface area (Å²) in [7, 11) is 1.75. The van der Waals surface area contributed by atoms with Crippen LogP contribution in [0.1, 0.15) is 46.9 Å². The van der Waals surface area contributed by atoms with Crippen molar-refractivity contribution in [3.63, 3.8) is 0 Å². The van der Waals surface area contributed by atoms with E-state index in [1.165, 1.54) is 0 Å². The minimum atomic E-state index is -0.342. The summed E-state index contributed by atoms with van der Waals surface area (Å²) in [4.78, 5) is 39.9. The van der Waals surface area contributed by atoms with Gasteiger partial charge in [-0.05, 0) is 56.2 Å². The number of hydrogen-bond acceptors (Lipinski definition) is 7. The molecule has 3 aliphatic rings. The van der Waals surface area contributed by atoms with Crippen molar-refractivity contribution in [3.05, 3.63) is 47.5 Å². The number of rotatable bonds is 5. The van der Waals surface area contributed by atoms with Gasteiger partial charge >= 0.3 is 0 Å². The minimum Gasteiger partial charge on any atom is -0.490 e.